The molecule has 0 spiro atoms. The minimum atomic E-state index is -0.657. The van der Waals surface area contributed by atoms with E-state index in [0.29, 0.717) is 26.2 Å². The molecule has 6 nitrogen and oxygen atoms in total. The third kappa shape index (κ3) is 4.00. The lowest BCUT2D eigenvalue weighted by Gasteiger charge is -2.24. The van der Waals surface area contributed by atoms with E-state index in [1.54, 1.807) is 44.2 Å². The van der Waals surface area contributed by atoms with E-state index < -0.39 is 12.0 Å². The summed E-state index contributed by atoms with van der Waals surface area (Å²) in [5, 5.41) is 10.1. The summed E-state index contributed by atoms with van der Waals surface area (Å²) in [5.74, 6) is -0.409. The first-order valence-electron chi connectivity index (χ1n) is 9.64. The number of hydrogen-bond acceptors (Lipinski definition) is 6. The number of rotatable bonds is 4. The van der Waals surface area contributed by atoms with Crippen molar-refractivity contribution in [2.24, 2.45) is 4.99 Å². The van der Waals surface area contributed by atoms with Gasteiger partial charge in [-0.05, 0) is 43.7 Å². The summed E-state index contributed by atoms with van der Waals surface area (Å²) in [6.07, 6.45) is 1.64. The molecule has 1 aliphatic rings. The van der Waals surface area contributed by atoms with Crippen LogP contribution in [0.15, 0.2) is 74.1 Å². The summed E-state index contributed by atoms with van der Waals surface area (Å²) in [5.41, 5.74) is 1.88. The molecule has 0 saturated heterocycles. The van der Waals surface area contributed by atoms with E-state index in [9.17, 15) is 14.7 Å². The molecule has 1 atom stereocenters. The fourth-order valence-corrected chi connectivity index (χ4v) is 4.80. The quantitative estimate of drug-likeness (QED) is 0.559. The maximum atomic E-state index is 13.4. The Morgan fingerprint density at radius 1 is 1.26 bits per heavy atom. The van der Waals surface area contributed by atoms with Gasteiger partial charge in [-0.15, -0.1) is 0 Å². The van der Waals surface area contributed by atoms with Gasteiger partial charge in [0.05, 0.1) is 28.5 Å². The van der Waals surface area contributed by atoms with Crippen LogP contribution in [0.5, 0.6) is 5.75 Å². The largest absolute Gasteiger partial charge is 0.507 e. The molecule has 8 heteroatoms. The Morgan fingerprint density at radius 2 is 1.97 bits per heavy atom. The number of halogens is 1. The van der Waals surface area contributed by atoms with E-state index in [1.807, 2.05) is 24.3 Å². The van der Waals surface area contributed by atoms with Crippen LogP contribution in [0.1, 0.15) is 31.0 Å². The van der Waals surface area contributed by atoms with Gasteiger partial charge in [-0.2, -0.15) is 0 Å². The maximum Gasteiger partial charge on any atom is 0.338 e. The van der Waals surface area contributed by atoms with Gasteiger partial charge in [-0.25, -0.2) is 9.79 Å². The summed E-state index contributed by atoms with van der Waals surface area (Å²) in [4.78, 5) is 31.3. The van der Waals surface area contributed by atoms with Crippen molar-refractivity contribution in [3.05, 3.63) is 95.1 Å². The van der Waals surface area contributed by atoms with E-state index >= 15 is 0 Å². The van der Waals surface area contributed by atoms with Gasteiger partial charge < -0.3 is 9.84 Å². The molecule has 0 bridgehead atoms. The summed E-state index contributed by atoms with van der Waals surface area (Å²) < 4.78 is 8.12. The highest BCUT2D eigenvalue weighted by molar-refractivity contribution is 9.10. The first-order chi connectivity index (χ1) is 14.9. The van der Waals surface area contributed by atoms with Crippen molar-refractivity contribution < 1.29 is 14.6 Å². The Morgan fingerprint density at radius 3 is 2.65 bits per heavy atom. The Bertz CT molecular complexity index is 1370. The SMILES string of the molecule is CCOC(=O)C1=C(C)N=c2s/c(=C\c3ccccc3O)c(=O)n2C1c1ccc(Br)cc1. The fourth-order valence-electron chi connectivity index (χ4n) is 3.50. The van der Waals surface area contributed by atoms with Crippen molar-refractivity contribution in [1.82, 2.24) is 4.57 Å². The number of para-hydroxylation sites is 1. The minimum absolute atomic E-state index is 0.0844. The lowest BCUT2D eigenvalue weighted by atomic mass is 9.96. The molecule has 31 heavy (non-hydrogen) atoms. The molecular formula is C23H19BrN2O4S. The number of esters is 1. The van der Waals surface area contributed by atoms with Crippen molar-refractivity contribution in [1.29, 1.82) is 0 Å². The van der Waals surface area contributed by atoms with Gasteiger partial charge >= 0.3 is 5.97 Å². The molecule has 0 aliphatic carbocycles. The molecule has 3 aromatic rings. The number of nitrogens with zero attached hydrogens (tertiary/aromatic N) is 2. The van der Waals surface area contributed by atoms with Crippen LogP contribution in [0.4, 0.5) is 0 Å². The van der Waals surface area contributed by atoms with E-state index in [-0.39, 0.29) is 17.9 Å². The first-order valence-corrected chi connectivity index (χ1v) is 11.2. The molecule has 0 fully saturated rings. The number of ether oxygens (including phenoxy) is 1. The van der Waals surface area contributed by atoms with Crippen molar-refractivity contribution in [2.75, 3.05) is 6.61 Å². The van der Waals surface area contributed by atoms with Gasteiger partial charge in [0, 0.05) is 10.0 Å². The normalized spacial score (nSPS) is 16.1. The van der Waals surface area contributed by atoms with Crippen molar-refractivity contribution in [2.45, 2.75) is 19.9 Å². The highest BCUT2D eigenvalue weighted by Gasteiger charge is 2.33. The zero-order valence-electron chi connectivity index (χ0n) is 16.8. The van der Waals surface area contributed by atoms with Gasteiger partial charge in [-0.3, -0.25) is 9.36 Å². The highest BCUT2D eigenvalue weighted by atomic mass is 79.9. The third-order valence-corrected chi connectivity index (χ3v) is 6.44. The van der Waals surface area contributed by atoms with Crippen LogP contribution < -0.4 is 14.9 Å². The van der Waals surface area contributed by atoms with Gasteiger partial charge in [0.15, 0.2) is 4.80 Å². The molecule has 4 rings (SSSR count). The average Bonchev–Trinajstić information content (AvgIpc) is 3.04. The maximum absolute atomic E-state index is 13.4. The third-order valence-electron chi connectivity index (χ3n) is 4.93. The molecule has 0 saturated carbocycles. The van der Waals surface area contributed by atoms with Crippen LogP contribution in [-0.4, -0.2) is 22.2 Å². The van der Waals surface area contributed by atoms with Crippen LogP contribution >= 0.6 is 27.3 Å². The number of carbonyl (C=O) groups is 1. The molecule has 0 radical (unpaired) electrons. The summed E-state index contributed by atoms with van der Waals surface area (Å²) >= 11 is 4.65. The van der Waals surface area contributed by atoms with Gasteiger partial charge in [0.1, 0.15) is 5.75 Å². The lowest BCUT2D eigenvalue weighted by Crippen LogP contribution is -2.39. The van der Waals surface area contributed by atoms with Gasteiger partial charge in [-0.1, -0.05) is 57.6 Å². The predicted molar refractivity (Wildman–Crippen MR) is 123 cm³/mol. The second-order valence-corrected chi connectivity index (χ2v) is 8.84. The zero-order valence-corrected chi connectivity index (χ0v) is 19.2. The monoisotopic (exact) mass is 498 g/mol. The number of aromatic hydroxyl groups is 1. The van der Waals surface area contributed by atoms with E-state index in [2.05, 4.69) is 20.9 Å². The molecule has 1 aliphatic heterocycles. The molecule has 1 unspecified atom stereocenters. The first kappa shape index (κ1) is 21.3. The highest BCUT2D eigenvalue weighted by Crippen LogP contribution is 2.31. The van der Waals surface area contributed by atoms with E-state index in [4.69, 9.17) is 4.74 Å². The predicted octanol–water partition coefficient (Wildman–Crippen LogP) is 3.27. The second kappa shape index (κ2) is 8.64. The van der Waals surface area contributed by atoms with Gasteiger partial charge in [0.2, 0.25) is 0 Å². The fraction of sp³-hybridized carbons (Fsp3) is 0.174. The number of benzene rings is 2. The van der Waals surface area contributed by atoms with Crippen LogP contribution in [0.25, 0.3) is 6.08 Å². The van der Waals surface area contributed by atoms with Crippen LogP contribution in [0, 0.1) is 0 Å². The van der Waals surface area contributed by atoms with E-state index in [1.165, 1.54) is 15.9 Å². The number of phenolic OH excluding ortho intramolecular Hbond substituents is 1. The minimum Gasteiger partial charge on any atom is -0.507 e. The molecular weight excluding hydrogens is 480 g/mol. The number of fused-ring (bicyclic) bond motifs is 1. The van der Waals surface area contributed by atoms with Crippen molar-refractivity contribution >= 4 is 39.3 Å². The number of carbonyl (C=O) groups excluding carboxylic acids is 1. The number of allylic oxidation sites excluding steroid dienone is 1. The van der Waals surface area contributed by atoms with Crippen molar-refractivity contribution in [3.8, 4) is 5.75 Å². The Kier molecular flexibility index (Phi) is 5.93. The topological polar surface area (TPSA) is 80.9 Å². The number of thiazole rings is 1. The van der Waals surface area contributed by atoms with Crippen LogP contribution in [0.2, 0.25) is 0 Å². The molecule has 2 aromatic carbocycles. The number of phenols is 1. The molecule has 1 N–H and O–H groups in total. The Labute approximate surface area is 190 Å². The van der Waals surface area contributed by atoms with Crippen LogP contribution in [-0.2, 0) is 9.53 Å². The summed E-state index contributed by atoms with van der Waals surface area (Å²) in [7, 11) is 0. The standard InChI is InChI=1S/C23H19BrN2O4S/c1-3-30-22(29)19-13(2)25-23-26(20(19)14-8-10-16(24)11-9-14)21(28)18(31-23)12-15-6-4-5-7-17(15)27/h4-12,20,27H,3H2,1-2H3/b18-12-. The Hall–Kier alpha value is -2.97. The Balaban J connectivity index is 1.97. The molecule has 158 valence electrons. The smallest absolute Gasteiger partial charge is 0.338 e. The van der Waals surface area contributed by atoms with Crippen molar-refractivity contribution in [3.63, 3.8) is 0 Å². The number of hydrogen-bond donors (Lipinski definition) is 1. The summed E-state index contributed by atoms with van der Waals surface area (Å²) in [6.45, 7) is 3.71. The van der Waals surface area contributed by atoms with Gasteiger partial charge in [0.25, 0.3) is 5.56 Å². The number of aromatic nitrogens is 1. The van der Waals surface area contributed by atoms with Crippen LogP contribution in [0.3, 0.4) is 0 Å². The second-order valence-electron chi connectivity index (χ2n) is 6.91. The zero-order chi connectivity index (χ0) is 22.1. The molecule has 0 amide bonds. The molecule has 1 aromatic heterocycles. The average molecular weight is 499 g/mol. The summed E-state index contributed by atoms with van der Waals surface area (Å²) in [6, 6.07) is 13.6. The molecule has 2 heterocycles. The van der Waals surface area contributed by atoms with E-state index in [0.717, 1.165) is 10.0 Å². The lowest BCUT2D eigenvalue weighted by molar-refractivity contribution is -0.139.